The standard InChI is InChI=1S/C24H19Cl2NO2/c1-2-28-24-13-18(8-11-23(24)29-16-17-6-4-3-5-7-17)12-20(15-27)19-9-10-21(25)22(26)14-19/h3-14H,2,16H2,1H3/b20-12-. The van der Waals surface area contributed by atoms with Crippen molar-refractivity contribution in [3.8, 4) is 17.6 Å². The first-order valence-corrected chi connectivity index (χ1v) is 9.87. The van der Waals surface area contributed by atoms with E-state index in [-0.39, 0.29) is 0 Å². The molecule has 0 spiro atoms. The zero-order valence-electron chi connectivity index (χ0n) is 15.9. The lowest BCUT2D eigenvalue weighted by molar-refractivity contribution is 0.269. The fourth-order valence-electron chi connectivity index (χ4n) is 2.75. The second kappa shape index (κ2) is 10.0. The van der Waals surface area contributed by atoms with Gasteiger partial charge in [-0.15, -0.1) is 0 Å². The summed E-state index contributed by atoms with van der Waals surface area (Å²) < 4.78 is 11.7. The Hall–Kier alpha value is -2.93. The highest BCUT2D eigenvalue weighted by atomic mass is 35.5. The van der Waals surface area contributed by atoms with E-state index in [4.69, 9.17) is 32.7 Å². The lowest BCUT2D eigenvalue weighted by Gasteiger charge is -2.13. The van der Waals surface area contributed by atoms with Gasteiger partial charge in [0, 0.05) is 0 Å². The van der Waals surface area contributed by atoms with Crippen LogP contribution in [0.25, 0.3) is 11.6 Å². The van der Waals surface area contributed by atoms with Crippen LogP contribution >= 0.6 is 23.2 Å². The van der Waals surface area contributed by atoms with Crippen molar-refractivity contribution in [3.05, 3.63) is 93.5 Å². The zero-order valence-corrected chi connectivity index (χ0v) is 17.4. The molecule has 0 fully saturated rings. The molecule has 0 atom stereocenters. The molecule has 3 rings (SSSR count). The molecule has 0 aliphatic heterocycles. The van der Waals surface area contributed by atoms with Crippen LogP contribution in [0.3, 0.4) is 0 Å². The topological polar surface area (TPSA) is 42.2 Å². The van der Waals surface area contributed by atoms with Crippen LogP contribution in [0.15, 0.2) is 66.7 Å². The molecule has 3 nitrogen and oxygen atoms in total. The van der Waals surface area contributed by atoms with Crippen molar-refractivity contribution in [2.24, 2.45) is 0 Å². The van der Waals surface area contributed by atoms with Crippen molar-refractivity contribution in [2.75, 3.05) is 6.61 Å². The first-order chi connectivity index (χ1) is 14.1. The van der Waals surface area contributed by atoms with Crippen molar-refractivity contribution >= 4 is 34.9 Å². The van der Waals surface area contributed by atoms with Crippen molar-refractivity contribution in [1.29, 1.82) is 5.26 Å². The molecular weight excluding hydrogens is 405 g/mol. The third-order valence-corrected chi connectivity index (χ3v) is 4.91. The summed E-state index contributed by atoms with van der Waals surface area (Å²) >= 11 is 12.1. The summed E-state index contributed by atoms with van der Waals surface area (Å²) in [6.07, 6.45) is 1.78. The Morgan fingerprint density at radius 3 is 2.41 bits per heavy atom. The third-order valence-electron chi connectivity index (χ3n) is 4.17. The molecule has 0 saturated carbocycles. The third kappa shape index (κ3) is 5.54. The van der Waals surface area contributed by atoms with Crippen LogP contribution in [-0.4, -0.2) is 6.61 Å². The number of benzene rings is 3. The Morgan fingerprint density at radius 2 is 1.72 bits per heavy atom. The van der Waals surface area contributed by atoms with E-state index in [9.17, 15) is 5.26 Å². The number of ether oxygens (including phenoxy) is 2. The summed E-state index contributed by atoms with van der Waals surface area (Å²) in [6.45, 7) is 2.87. The number of nitriles is 1. The van der Waals surface area contributed by atoms with Crippen molar-refractivity contribution in [3.63, 3.8) is 0 Å². The lowest BCUT2D eigenvalue weighted by Crippen LogP contribution is -2.00. The first-order valence-electron chi connectivity index (χ1n) is 9.11. The second-order valence-electron chi connectivity index (χ2n) is 6.21. The van der Waals surface area contributed by atoms with Gasteiger partial charge in [-0.1, -0.05) is 65.7 Å². The summed E-state index contributed by atoms with van der Waals surface area (Å²) in [5, 5.41) is 10.4. The molecule has 0 N–H and O–H groups in total. The molecule has 146 valence electrons. The Bertz CT molecular complexity index is 1060. The van der Waals surface area contributed by atoms with Gasteiger partial charge in [-0.05, 0) is 54.0 Å². The molecule has 3 aromatic rings. The maximum Gasteiger partial charge on any atom is 0.161 e. The lowest BCUT2D eigenvalue weighted by atomic mass is 10.0. The van der Waals surface area contributed by atoms with Crippen LogP contribution < -0.4 is 9.47 Å². The van der Waals surface area contributed by atoms with Gasteiger partial charge in [-0.2, -0.15) is 5.26 Å². The van der Waals surface area contributed by atoms with Crippen LogP contribution in [0.1, 0.15) is 23.6 Å². The summed E-state index contributed by atoms with van der Waals surface area (Å²) in [4.78, 5) is 0. The molecule has 0 amide bonds. The fraction of sp³-hybridized carbons (Fsp3) is 0.125. The Morgan fingerprint density at radius 1 is 0.931 bits per heavy atom. The van der Waals surface area contributed by atoms with Crippen LogP contribution in [-0.2, 0) is 6.61 Å². The maximum absolute atomic E-state index is 9.59. The van der Waals surface area contributed by atoms with Gasteiger partial charge in [-0.25, -0.2) is 0 Å². The van der Waals surface area contributed by atoms with Gasteiger partial charge in [0.25, 0.3) is 0 Å². The van der Waals surface area contributed by atoms with E-state index in [0.717, 1.165) is 11.1 Å². The smallest absolute Gasteiger partial charge is 0.161 e. The molecule has 3 aromatic carbocycles. The predicted octanol–water partition coefficient (Wildman–Crippen LogP) is 7.04. The molecular formula is C24H19Cl2NO2. The van der Waals surface area contributed by atoms with Gasteiger partial charge in [0.2, 0.25) is 0 Å². The van der Waals surface area contributed by atoms with Crippen molar-refractivity contribution in [1.82, 2.24) is 0 Å². The minimum absolute atomic E-state index is 0.407. The van der Waals surface area contributed by atoms with Gasteiger partial charge in [0.15, 0.2) is 11.5 Å². The van der Waals surface area contributed by atoms with Crippen LogP contribution in [0.4, 0.5) is 0 Å². The molecule has 0 saturated heterocycles. The van der Waals surface area contributed by atoms with Gasteiger partial charge in [0.05, 0.1) is 28.3 Å². The van der Waals surface area contributed by atoms with E-state index < -0.39 is 0 Å². The average Bonchev–Trinajstić information content (AvgIpc) is 2.74. The summed E-state index contributed by atoms with van der Waals surface area (Å²) in [6, 6.07) is 22.9. The number of allylic oxidation sites excluding steroid dienone is 1. The highest BCUT2D eigenvalue weighted by Gasteiger charge is 2.09. The maximum atomic E-state index is 9.59. The van der Waals surface area contributed by atoms with E-state index in [0.29, 0.717) is 45.9 Å². The monoisotopic (exact) mass is 423 g/mol. The minimum atomic E-state index is 0.407. The van der Waals surface area contributed by atoms with E-state index in [1.807, 2.05) is 55.5 Å². The van der Waals surface area contributed by atoms with Crippen LogP contribution in [0.5, 0.6) is 11.5 Å². The zero-order chi connectivity index (χ0) is 20.6. The van der Waals surface area contributed by atoms with E-state index >= 15 is 0 Å². The van der Waals surface area contributed by atoms with Crippen LogP contribution in [0.2, 0.25) is 10.0 Å². The number of hydrogen-bond donors (Lipinski definition) is 0. The Balaban J connectivity index is 1.87. The molecule has 29 heavy (non-hydrogen) atoms. The van der Waals surface area contributed by atoms with Gasteiger partial charge in [0.1, 0.15) is 6.61 Å². The van der Waals surface area contributed by atoms with E-state index in [1.54, 1.807) is 24.3 Å². The highest BCUT2D eigenvalue weighted by molar-refractivity contribution is 6.42. The molecule has 0 unspecified atom stereocenters. The van der Waals surface area contributed by atoms with Gasteiger partial charge in [-0.3, -0.25) is 0 Å². The minimum Gasteiger partial charge on any atom is -0.490 e. The van der Waals surface area contributed by atoms with Gasteiger partial charge < -0.3 is 9.47 Å². The number of nitrogens with zero attached hydrogens (tertiary/aromatic N) is 1. The van der Waals surface area contributed by atoms with Crippen LogP contribution in [0, 0.1) is 11.3 Å². The number of halogens is 2. The Kier molecular flexibility index (Phi) is 7.19. The fourth-order valence-corrected chi connectivity index (χ4v) is 3.05. The SMILES string of the molecule is CCOc1cc(/C=C(/C#N)c2ccc(Cl)c(Cl)c2)ccc1OCc1ccccc1. The second-order valence-corrected chi connectivity index (χ2v) is 7.03. The van der Waals surface area contributed by atoms with Gasteiger partial charge >= 0.3 is 0 Å². The Labute approximate surface area is 180 Å². The molecule has 0 aliphatic rings. The normalized spacial score (nSPS) is 11.0. The number of rotatable bonds is 7. The first kappa shape index (κ1) is 20.8. The van der Waals surface area contributed by atoms with Crippen molar-refractivity contribution in [2.45, 2.75) is 13.5 Å². The summed E-state index contributed by atoms with van der Waals surface area (Å²) in [5.41, 5.74) is 3.07. The largest absolute Gasteiger partial charge is 0.490 e. The molecule has 0 bridgehead atoms. The highest BCUT2D eigenvalue weighted by Crippen LogP contribution is 2.32. The van der Waals surface area contributed by atoms with Crippen molar-refractivity contribution < 1.29 is 9.47 Å². The average molecular weight is 424 g/mol. The summed E-state index contributed by atoms with van der Waals surface area (Å²) in [7, 11) is 0. The molecule has 0 aromatic heterocycles. The molecule has 0 radical (unpaired) electrons. The predicted molar refractivity (Wildman–Crippen MR) is 118 cm³/mol. The quantitative estimate of drug-likeness (QED) is 0.302. The summed E-state index contributed by atoms with van der Waals surface area (Å²) in [5.74, 6) is 1.28. The number of hydrogen-bond acceptors (Lipinski definition) is 3. The van der Waals surface area contributed by atoms with E-state index in [2.05, 4.69) is 6.07 Å². The molecule has 5 heteroatoms. The molecule has 0 aliphatic carbocycles. The molecule has 0 heterocycles. The van der Waals surface area contributed by atoms with E-state index in [1.165, 1.54) is 0 Å².